The Morgan fingerprint density at radius 2 is 2.20 bits per heavy atom. The average molecular weight is 294 g/mol. The van der Waals surface area contributed by atoms with Crippen molar-refractivity contribution in [1.29, 1.82) is 0 Å². The third kappa shape index (κ3) is 2.45. The lowest BCUT2D eigenvalue weighted by molar-refractivity contribution is -0.384. The van der Waals surface area contributed by atoms with E-state index in [2.05, 4.69) is 15.9 Å². The molecule has 15 heavy (non-hydrogen) atoms. The first kappa shape index (κ1) is 11.9. The molecule has 0 bridgehead atoms. The Balaban J connectivity index is 3.45. The van der Waals surface area contributed by atoms with Crippen LogP contribution in [0.1, 0.15) is 15.9 Å². The summed E-state index contributed by atoms with van der Waals surface area (Å²) in [5.41, 5.74) is -0.164. The molecule has 0 heterocycles. The Kier molecular flexibility index (Phi) is 3.65. The molecule has 0 aromatic heterocycles. The van der Waals surface area contributed by atoms with Gasteiger partial charge in [-0.3, -0.25) is 10.1 Å². The fourth-order valence-electron chi connectivity index (χ4n) is 1.05. The molecular weight excluding hydrogens is 289 g/mol. The normalized spacial score (nSPS) is 10.0. The van der Waals surface area contributed by atoms with Gasteiger partial charge >= 0.3 is 5.97 Å². The minimum Gasteiger partial charge on any atom is -0.478 e. The molecule has 0 saturated carbocycles. The number of hydrogen-bond donors (Lipinski definition) is 1. The summed E-state index contributed by atoms with van der Waals surface area (Å²) in [7, 11) is 0. The van der Waals surface area contributed by atoms with Crippen LogP contribution < -0.4 is 0 Å². The molecule has 5 nitrogen and oxygen atoms in total. The number of non-ortho nitro benzene ring substituents is 1. The van der Waals surface area contributed by atoms with Crippen LogP contribution in [-0.4, -0.2) is 16.0 Å². The maximum absolute atomic E-state index is 10.8. The van der Waals surface area contributed by atoms with E-state index in [4.69, 9.17) is 16.7 Å². The summed E-state index contributed by atoms with van der Waals surface area (Å²) in [6.45, 7) is 0. The van der Waals surface area contributed by atoms with Crippen molar-refractivity contribution in [3.05, 3.63) is 38.4 Å². The van der Waals surface area contributed by atoms with Gasteiger partial charge in [0.1, 0.15) is 0 Å². The second-order valence-electron chi connectivity index (χ2n) is 2.65. The van der Waals surface area contributed by atoms with Crippen LogP contribution in [0, 0.1) is 10.1 Å². The lowest BCUT2D eigenvalue weighted by Crippen LogP contribution is -2.03. The number of rotatable bonds is 3. The summed E-state index contributed by atoms with van der Waals surface area (Å²) >= 11 is 8.80. The minimum atomic E-state index is -1.24. The first-order valence-corrected chi connectivity index (χ1v) is 5.23. The molecule has 0 saturated heterocycles. The predicted molar refractivity (Wildman–Crippen MR) is 57.7 cm³/mol. The van der Waals surface area contributed by atoms with Gasteiger partial charge in [0.05, 0.1) is 15.5 Å². The van der Waals surface area contributed by atoms with E-state index in [0.717, 1.165) is 12.1 Å². The lowest BCUT2D eigenvalue weighted by atomic mass is 10.1. The third-order valence-electron chi connectivity index (χ3n) is 1.76. The van der Waals surface area contributed by atoms with Crippen LogP contribution in [0.25, 0.3) is 0 Å². The smallest absolute Gasteiger partial charge is 0.336 e. The lowest BCUT2D eigenvalue weighted by Gasteiger charge is -2.04. The first-order valence-electron chi connectivity index (χ1n) is 3.73. The zero-order valence-electron chi connectivity index (χ0n) is 7.24. The largest absolute Gasteiger partial charge is 0.478 e. The molecule has 1 aromatic carbocycles. The van der Waals surface area contributed by atoms with E-state index < -0.39 is 10.9 Å². The standard InChI is InChI=1S/C8H5BrClNO4/c9-3-6-5(8(12)13)1-4(11(14)15)2-7(6)10/h1-2H,3H2,(H,12,13). The number of carboxylic acids is 1. The minimum absolute atomic E-state index is 0.0680. The van der Waals surface area contributed by atoms with E-state index in [1.807, 2.05) is 0 Å². The van der Waals surface area contributed by atoms with Gasteiger partial charge in [-0.15, -0.1) is 0 Å². The molecule has 0 aliphatic heterocycles. The molecule has 80 valence electrons. The van der Waals surface area contributed by atoms with Crippen molar-refractivity contribution in [3.63, 3.8) is 0 Å². The molecule has 0 aliphatic carbocycles. The number of aromatic carboxylic acids is 1. The second-order valence-corrected chi connectivity index (χ2v) is 3.62. The fourth-order valence-corrected chi connectivity index (χ4v) is 2.10. The molecule has 7 heteroatoms. The molecule has 0 fully saturated rings. The quantitative estimate of drug-likeness (QED) is 0.528. The van der Waals surface area contributed by atoms with E-state index >= 15 is 0 Å². The highest BCUT2D eigenvalue weighted by atomic mass is 79.9. The number of nitro benzene ring substituents is 1. The van der Waals surface area contributed by atoms with E-state index in [-0.39, 0.29) is 21.6 Å². The van der Waals surface area contributed by atoms with Crippen molar-refractivity contribution < 1.29 is 14.8 Å². The molecule has 0 aliphatic rings. The summed E-state index contributed by atoms with van der Waals surface area (Å²) in [6.07, 6.45) is 0. The number of carboxylic acid groups (broad SMARTS) is 1. The Morgan fingerprint density at radius 1 is 1.60 bits per heavy atom. The van der Waals surface area contributed by atoms with Crippen molar-refractivity contribution >= 4 is 39.2 Å². The number of alkyl halides is 1. The first-order chi connectivity index (χ1) is 6.97. The number of benzene rings is 1. The van der Waals surface area contributed by atoms with Gasteiger partial charge in [0.25, 0.3) is 5.69 Å². The van der Waals surface area contributed by atoms with Crippen molar-refractivity contribution in [2.24, 2.45) is 0 Å². The topological polar surface area (TPSA) is 80.4 Å². The molecule has 0 spiro atoms. The van der Waals surface area contributed by atoms with Crippen LogP contribution in [0.15, 0.2) is 12.1 Å². The van der Waals surface area contributed by atoms with Crippen LogP contribution in [0.5, 0.6) is 0 Å². The van der Waals surface area contributed by atoms with Crippen molar-refractivity contribution in [1.82, 2.24) is 0 Å². The summed E-state index contributed by atoms with van der Waals surface area (Å²) < 4.78 is 0. The molecule has 0 amide bonds. The van der Waals surface area contributed by atoms with Crippen LogP contribution >= 0.6 is 27.5 Å². The number of hydrogen-bond acceptors (Lipinski definition) is 3. The summed E-state index contributed by atoms with van der Waals surface area (Å²) in [4.78, 5) is 20.6. The second kappa shape index (κ2) is 4.59. The summed E-state index contributed by atoms with van der Waals surface area (Å²) in [6, 6.07) is 2.12. The molecular formula is C8H5BrClNO4. The maximum atomic E-state index is 10.8. The number of halogens is 2. The molecule has 1 N–H and O–H groups in total. The molecule has 1 aromatic rings. The molecule has 0 unspecified atom stereocenters. The number of carbonyl (C=O) groups is 1. The molecule has 0 radical (unpaired) electrons. The number of nitrogens with zero attached hydrogens (tertiary/aromatic N) is 1. The Hall–Kier alpha value is -1.14. The fraction of sp³-hybridized carbons (Fsp3) is 0.125. The third-order valence-corrected chi connectivity index (χ3v) is 2.65. The van der Waals surface area contributed by atoms with E-state index in [0.29, 0.717) is 5.56 Å². The zero-order chi connectivity index (χ0) is 11.6. The van der Waals surface area contributed by atoms with Crippen LogP contribution in [0.3, 0.4) is 0 Å². The van der Waals surface area contributed by atoms with Gasteiger partial charge in [0.2, 0.25) is 0 Å². The monoisotopic (exact) mass is 293 g/mol. The van der Waals surface area contributed by atoms with Gasteiger partial charge in [-0.2, -0.15) is 0 Å². The Morgan fingerprint density at radius 3 is 2.60 bits per heavy atom. The average Bonchev–Trinajstić information content (AvgIpc) is 2.16. The van der Waals surface area contributed by atoms with Gasteiger partial charge in [-0.1, -0.05) is 27.5 Å². The van der Waals surface area contributed by atoms with E-state index in [9.17, 15) is 14.9 Å². The van der Waals surface area contributed by atoms with E-state index in [1.165, 1.54) is 0 Å². The highest BCUT2D eigenvalue weighted by molar-refractivity contribution is 9.08. The van der Waals surface area contributed by atoms with Gasteiger partial charge in [-0.05, 0) is 5.56 Å². The molecule has 0 atom stereocenters. The summed E-state index contributed by atoms with van der Waals surface area (Å²) in [5, 5.41) is 19.6. The van der Waals surface area contributed by atoms with Gasteiger partial charge in [-0.25, -0.2) is 4.79 Å². The number of nitro groups is 1. The van der Waals surface area contributed by atoms with Crippen LogP contribution in [-0.2, 0) is 5.33 Å². The zero-order valence-corrected chi connectivity index (χ0v) is 9.58. The van der Waals surface area contributed by atoms with Gasteiger partial charge in [0, 0.05) is 17.5 Å². The van der Waals surface area contributed by atoms with Crippen molar-refractivity contribution in [2.45, 2.75) is 5.33 Å². The van der Waals surface area contributed by atoms with Crippen LogP contribution in [0.2, 0.25) is 5.02 Å². The van der Waals surface area contributed by atoms with Gasteiger partial charge in [0.15, 0.2) is 0 Å². The highest BCUT2D eigenvalue weighted by Gasteiger charge is 2.18. The Labute approximate surface area is 97.9 Å². The maximum Gasteiger partial charge on any atom is 0.336 e. The van der Waals surface area contributed by atoms with Crippen LogP contribution in [0.4, 0.5) is 5.69 Å². The Bertz CT molecular complexity index is 435. The van der Waals surface area contributed by atoms with Crippen molar-refractivity contribution in [2.75, 3.05) is 0 Å². The molecule has 1 rings (SSSR count). The van der Waals surface area contributed by atoms with Gasteiger partial charge < -0.3 is 5.11 Å². The summed E-state index contributed by atoms with van der Waals surface area (Å²) in [5.74, 6) is -1.24. The highest BCUT2D eigenvalue weighted by Crippen LogP contribution is 2.28. The predicted octanol–water partition coefficient (Wildman–Crippen LogP) is 2.84. The van der Waals surface area contributed by atoms with Crippen molar-refractivity contribution in [3.8, 4) is 0 Å². The van der Waals surface area contributed by atoms with E-state index in [1.54, 1.807) is 0 Å². The SMILES string of the molecule is O=C(O)c1cc([N+](=O)[O-])cc(Cl)c1CBr.